The average molecular weight is 503 g/mol. The van der Waals surface area contributed by atoms with E-state index in [9.17, 15) is 13.2 Å². The number of carbonyl (C=O) groups is 1. The minimum absolute atomic E-state index is 0.302. The number of anilines is 1. The summed E-state index contributed by atoms with van der Waals surface area (Å²) in [6.07, 6.45) is 6.25. The van der Waals surface area contributed by atoms with Crippen molar-refractivity contribution in [2.75, 3.05) is 4.72 Å². The van der Waals surface area contributed by atoms with Crippen molar-refractivity contribution < 1.29 is 13.2 Å². The van der Waals surface area contributed by atoms with Crippen LogP contribution in [-0.2, 0) is 27.8 Å². The number of nitrogens with zero attached hydrogens (tertiary/aromatic N) is 3. The summed E-state index contributed by atoms with van der Waals surface area (Å²) in [5.74, 6) is 0.697. The highest BCUT2D eigenvalue weighted by Crippen LogP contribution is 2.34. The maximum atomic E-state index is 12.5. The van der Waals surface area contributed by atoms with Gasteiger partial charge in [0.1, 0.15) is 5.82 Å². The monoisotopic (exact) mass is 502 g/mol. The van der Waals surface area contributed by atoms with Crippen molar-refractivity contribution in [2.45, 2.75) is 53.0 Å². The van der Waals surface area contributed by atoms with Gasteiger partial charge in [0.25, 0.3) is 15.1 Å². The van der Waals surface area contributed by atoms with Crippen molar-refractivity contribution in [1.29, 1.82) is 0 Å². The fraction of sp³-hybridized carbons (Fsp3) is 0.321. The summed E-state index contributed by atoms with van der Waals surface area (Å²) >= 11 is 0. The number of hydrogen-bond donors (Lipinski definition) is 1. The van der Waals surface area contributed by atoms with Gasteiger partial charge in [-0.3, -0.25) is 14.5 Å². The van der Waals surface area contributed by atoms with E-state index >= 15 is 0 Å². The van der Waals surface area contributed by atoms with Crippen molar-refractivity contribution in [2.24, 2.45) is 5.92 Å². The van der Waals surface area contributed by atoms with Crippen LogP contribution in [0.4, 0.5) is 5.69 Å². The Morgan fingerprint density at radius 2 is 1.86 bits per heavy atom. The highest BCUT2D eigenvalue weighted by atomic mass is 32.2. The quantitative estimate of drug-likeness (QED) is 0.348. The van der Waals surface area contributed by atoms with Crippen molar-refractivity contribution in [3.63, 3.8) is 0 Å². The van der Waals surface area contributed by atoms with Gasteiger partial charge in [-0.25, -0.2) is 4.98 Å². The second kappa shape index (κ2) is 9.50. The molecule has 0 radical (unpaired) electrons. The maximum Gasteiger partial charge on any atom is 0.296 e. The number of nitrogens with one attached hydrogen (secondary N) is 1. The van der Waals surface area contributed by atoms with Gasteiger partial charge in [0.15, 0.2) is 0 Å². The number of sulfonamides is 1. The summed E-state index contributed by atoms with van der Waals surface area (Å²) in [4.78, 5) is 21.2. The molecule has 1 N–H and O–H groups in total. The molecule has 1 aliphatic carbocycles. The molecular weight excluding hydrogens is 472 g/mol. The number of carbonyl (C=O) groups excluding carboxylic acids is 1. The zero-order valence-corrected chi connectivity index (χ0v) is 21.6. The predicted octanol–water partition coefficient (Wildman–Crippen LogP) is 5.39. The molecule has 7 nitrogen and oxygen atoms in total. The molecule has 1 fully saturated rings. The topological polar surface area (TPSA) is 93.9 Å². The second-order valence-electron chi connectivity index (χ2n) is 9.63. The van der Waals surface area contributed by atoms with Gasteiger partial charge < -0.3 is 4.57 Å². The van der Waals surface area contributed by atoms with Crippen LogP contribution >= 0.6 is 0 Å². The normalized spacial score (nSPS) is 13.8. The third-order valence-electron chi connectivity index (χ3n) is 6.59. The molecule has 0 aliphatic heterocycles. The molecule has 186 valence electrons. The summed E-state index contributed by atoms with van der Waals surface area (Å²) in [5.41, 5.74) is 7.53. The summed E-state index contributed by atoms with van der Waals surface area (Å²) in [6, 6.07) is 14.2. The van der Waals surface area contributed by atoms with Gasteiger partial charge in [-0.05, 0) is 67.5 Å². The molecule has 0 spiro atoms. The molecule has 2 aromatic heterocycles. The van der Waals surface area contributed by atoms with Crippen LogP contribution in [0, 0.1) is 19.8 Å². The summed E-state index contributed by atoms with van der Waals surface area (Å²) in [5, 5.41) is -0.742. The maximum absolute atomic E-state index is 12.5. The third kappa shape index (κ3) is 4.78. The molecule has 0 atom stereocenters. The lowest BCUT2D eigenvalue weighted by atomic mass is 10.0. The van der Waals surface area contributed by atoms with Crippen molar-refractivity contribution in [1.82, 2.24) is 14.5 Å². The average Bonchev–Trinajstić information content (AvgIpc) is 3.64. The lowest BCUT2D eigenvalue weighted by molar-refractivity contribution is -0.112. The van der Waals surface area contributed by atoms with Gasteiger partial charge in [-0.15, -0.1) is 0 Å². The van der Waals surface area contributed by atoms with Crippen LogP contribution in [0.25, 0.3) is 22.2 Å². The highest BCUT2D eigenvalue weighted by molar-refractivity contribution is 8.07. The number of hydrogen-bond acceptors (Lipinski definition) is 5. The number of pyridine rings is 1. The second-order valence-corrected chi connectivity index (χ2v) is 11.2. The number of benzene rings is 2. The van der Waals surface area contributed by atoms with Crippen molar-refractivity contribution in [3.05, 3.63) is 77.4 Å². The van der Waals surface area contributed by atoms with E-state index < -0.39 is 15.1 Å². The fourth-order valence-corrected chi connectivity index (χ4v) is 5.87. The van der Waals surface area contributed by atoms with E-state index in [0.717, 1.165) is 40.8 Å². The van der Waals surface area contributed by atoms with Crippen molar-refractivity contribution in [3.8, 4) is 11.1 Å². The first-order valence-electron chi connectivity index (χ1n) is 12.3. The number of rotatable bonds is 8. The number of fused-ring (bicyclic) bond motifs is 1. The molecule has 1 saturated carbocycles. The summed E-state index contributed by atoms with van der Waals surface area (Å²) in [7, 11) is -4.10. The Balaban J connectivity index is 1.44. The Morgan fingerprint density at radius 1 is 1.11 bits per heavy atom. The van der Waals surface area contributed by atoms with Crippen LogP contribution in [0.3, 0.4) is 0 Å². The minimum atomic E-state index is -4.10. The van der Waals surface area contributed by atoms with Crippen LogP contribution in [0.2, 0.25) is 0 Å². The van der Waals surface area contributed by atoms with Gasteiger partial charge >= 0.3 is 0 Å². The molecule has 0 saturated heterocycles. The zero-order valence-electron chi connectivity index (χ0n) is 20.8. The van der Waals surface area contributed by atoms with E-state index in [1.807, 2.05) is 24.3 Å². The molecule has 2 heterocycles. The Bertz CT molecular complexity index is 1550. The van der Waals surface area contributed by atoms with E-state index in [1.165, 1.54) is 17.3 Å². The molecule has 4 aromatic rings. The molecule has 1 aliphatic rings. The van der Waals surface area contributed by atoms with Gasteiger partial charge in [-0.1, -0.05) is 37.3 Å². The Hall–Kier alpha value is -3.52. The first-order chi connectivity index (χ1) is 17.3. The van der Waals surface area contributed by atoms with E-state index in [4.69, 9.17) is 4.98 Å². The molecular formula is C28H30N4O3S. The lowest BCUT2D eigenvalue weighted by Crippen LogP contribution is -2.24. The van der Waals surface area contributed by atoms with Crippen LogP contribution in [0.5, 0.6) is 0 Å². The van der Waals surface area contributed by atoms with Crippen LogP contribution in [0.15, 0.2) is 54.9 Å². The molecule has 36 heavy (non-hydrogen) atoms. The Kier molecular flexibility index (Phi) is 6.38. The number of aromatic nitrogens is 3. The minimum Gasteiger partial charge on any atom is -0.323 e. The largest absolute Gasteiger partial charge is 0.323 e. The summed E-state index contributed by atoms with van der Waals surface area (Å²) in [6.45, 7) is 7.07. The zero-order chi connectivity index (χ0) is 25.4. The van der Waals surface area contributed by atoms with Crippen molar-refractivity contribution >= 4 is 31.9 Å². The van der Waals surface area contributed by atoms with E-state index in [2.05, 4.69) is 47.2 Å². The Morgan fingerprint density at radius 3 is 2.56 bits per heavy atom. The number of imidazole rings is 1. The van der Waals surface area contributed by atoms with Crippen LogP contribution in [-0.4, -0.2) is 28.1 Å². The van der Waals surface area contributed by atoms with Gasteiger partial charge in [0, 0.05) is 30.6 Å². The SMILES string of the molecule is CCCc1nc2c(C)cc(C)cc2n1Cc1ccc(-c2ccncc2NS(=O)(=O)C(=O)C2CC2)cc1. The fourth-order valence-electron chi connectivity index (χ4n) is 4.64. The molecule has 0 unspecified atom stereocenters. The van der Waals surface area contributed by atoms with Gasteiger partial charge in [-0.2, -0.15) is 8.42 Å². The van der Waals surface area contributed by atoms with E-state index in [1.54, 1.807) is 12.3 Å². The molecule has 0 bridgehead atoms. The number of aryl methyl sites for hydroxylation is 3. The summed E-state index contributed by atoms with van der Waals surface area (Å²) < 4.78 is 29.8. The lowest BCUT2D eigenvalue weighted by Gasteiger charge is -2.13. The first-order valence-corrected chi connectivity index (χ1v) is 13.8. The van der Waals surface area contributed by atoms with E-state index in [-0.39, 0.29) is 5.92 Å². The van der Waals surface area contributed by atoms with Crippen LogP contribution < -0.4 is 4.72 Å². The molecule has 2 aromatic carbocycles. The smallest absolute Gasteiger partial charge is 0.296 e. The molecule has 0 amide bonds. The standard InChI is InChI=1S/C28H30N4O3S/c1-4-5-26-30-27-19(3)14-18(2)15-25(27)32(26)17-20-6-8-21(9-7-20)23-12-13-29-16-24(23)31-36(34,35)28(33)22-10-11-22/h6-9,12-16,22,31H,4-5,10-11,17H2,1-3H3. The third-order valence-corrected chi connectivity index (χ3v) is 7.94. The van der Waals surface area contributed by atoms with Crippen LogP contribution in [0.1, 0.15) is 48.7 Å². The van der Waals surface area contributed by atoms with E-state index in [0.29, 0.717) is 30.6 Å². The molecule has 8 heteroatoms. The highest BCUT2D eigenvalue weighted by Gasteiger charge is 2.38. The first kappa shape index (κ1) is 24.2. The Labute approximate surface area is 211 Å². The molecule has 5 rings (SSSR count). The van der Waals surface area contributed by atoms with Gasteiger partial charge in [0.2, 0.25) is 0 Å². The van der Waals surface area contributed by atoms with Gasteiger partial charge in [0.05, 0.1) is 22.9 Å². The predicted molar refractivity (Wildman–Crippen MR) is 142 cm³/mol.